The Hall–Kier alpha value is -2.04. The summed E-state index contributed by atoms with van der Waals surface area (Å²) < 4.78 is 4.05. The number of carbonyl (C=O) groups excluding carboxylic acids is 1. The summed E-state index contributed by atoms with van der Waals surface area (Å²) in [6, 6.07) is 6.03. The number of nitrogens with zero attached hydrogens (tertiary/aromatic N) is 3. The van der Waals surface area contributed by atoms with E-state index in [0.29, 0.717) is 13.0 Å². The molecule has 0 aliphatic carbocycles. The monoisotopic (exact) mass is 244 g/mol. The predicted octanol–water partition coefficient (Wildman–Crippen LogP) is 2.10. The van der Waals surface area contributed by atoms with Crippen molar-refractivity contribution in [1.82, 2.24) is 14.3 Å². The van der Waals surface area contributed by atoms with Gasteiger partial charge in [-0.2, -0.15) is 5.10 Å². The molecule has 5 nitrogen and oxygen atoms in total. The van der Waals surface area contributed by atoms with Crippen LogP contribution in [0.4, 0.5) is 5.82 Å². The second kappa shape index (κ2) is 4.33. The van der Waals surface area contributed by atoms with E-state index in [1.807, 2.05) is 16.8 Å². The van der Waals surface area contributed by atoms with Crippen LogP contribution in [0, 0.1) is 0 Å². The molecule has 1 N–H and O–H groups in total. The Labute approximate surface area is 105 Å². The Kier molecular flexibility index (Phi) is 2.66. The number of hydrogen-bond acceptors (Lipinski definition) is 2. The van der Waals surface area contributed by atoms with E-state index >= 15 is 0 Å². The summed E-state index contributed by atoms with van der Waals surface area (Å²) in [4.78, 5) is 11.3. The van der Waals surface area contributed by atoms with E-state index in [2.05, 4.69) is 34.2 Å². The highest BCUT2D eigenvalue weighted by Crippen LogP contribution is 2.24. The Morgan fingerprint density at radius 2 is 2.39 bits per heavy atom. The van der Waals surface area contributed by atoms with Gasteiger partial charge in [0.05, 0.1) is 12.2 Å². The van der Waals surface area contributed by atoms with Crippen molar-refractivity contribution < 1.29 is 4.79 Å². The summed E-state index contributed by atoms with van der Waals surface area (Å²) in [6.45, 7) is 3.80. The molecule has 3 rings (SSSR count). The summed E-state index contributed by atoms with van der Waals surface area (Å²) in [5, 5.41) is 7.40. The Morgan fingerprint density at radius 1 is 1.50 bits per heavy atom. The first kappa shape index (κ1) is 11.1. The molecule has 0 atom stereocenters. The molecule has 3 heterocycles. The van der Waals surface area contributed by atoms with E-state index in [1.54, 1.807) is 0 Å². The van der Waals surface area contributed by atoms with Gasteiger partial charge in [-0.15, -0.1) is 0 Å². The third-order valence-electron chi connectivity index (χ3n) is 3.15. The van der Waals surface area contributed by atoms with E-state index in [9.17, 15) is 4.79 Å². The minimum absolute atomic E-state index is 0.0675. The molecule has 1 aliphatic heterocycles. The van der Waals surface area contributed by atoms with Crippen LogP contribution in [0.2, 0.25) is 0 Å². The van der Waals surface area contributed by atoms with Crippen molar-refractivity contribution >= 4 is 11.7 Å². The van der Waals surface area contributed by atoms with Crippen molar-refractivity contribution in [2.24, 2.45) is 0 Å². The molecule has 18 heavy (non-hydrogen) atoms. The molecule has 0 saturated carbocycles. The lowest BCUT2D eigenvalue weighted by Crippen LogP contribution is -2.23. The van der Waals surface area contributed by atoms with Crippen LogP contribution in [-0.4, -0.2) is 20.3 Å². The van der Waals surface area contributed by atoms with Gasteiger partial charge in [-0.05, 0) is 18.6 Å². The molecule has 0 aromatic carbocycles. The highest BCUT2D eigenvalue weighted by Gasteiger charge is 2.18. The minimum atomic E-state index is 0.0675. The van der Waals surface area contributed by atoms with Crippen molar-refractivity contribution in [3.05, 3.63) is 24.4 Å². The maximum Gasteiger partial charge on any atom is 0.227 e. The standard InChI is InChI=1S/C13H16N4O/c1-2-6-16-7-3-4-11(16)10-9-12-14-13(18)5-8-17(12)15-10/h3-4,7,9H,2,5-6,8H2,1H3,(H,14,18). The first-order valence-electron chi connectivity index (χ1n) is 6.31. The second-order valence-electron chi connectivity index (χ2n) is 4.52. The van der Waals surface area contributed by atoms with Gasteiger partial charge in [0.1, 0.15) is 11.5 Å². The summed E-state index contributed by atoms with van der Waals surface area (Å²) in [5.74, 6) is 0.864. The molecule has 0 spiro atoms. The van der Waals surface area contributed by atoms with Crippen molar-refractivity contribution in [2.75, 3.05) is 5.32 Å². The van der Waals surface area contributed by atoms with Crippen molar-refractivity contribution in [1.29, 1.82) is 0 Å². The van der Waals surface area contributed by atoms with Gasteiger partial charge in [-0.3, -0.25) is 4.79 Å². The molecule has 0 bridgehead atoms. The normalized spacial score (nSPS) is 14.4. The van der Waals surface area contributed by atoms with Crippen LogP contribution in [0.3, 0.4) is 0 Å². The first-order valence-corrected chi connectivity index (χ1v) is 6.31. The Morgan fingerprint density at radius 3 is 3.22 bits per heavy atom. The average molecular weight is 244 g/mol. The van der Waals surface area contributed by atoms with Crippen LogP contribution in [-0.2, 0) is 17.9 Å². The maximum absolute atomic E-state index is 11.3. The number of nitrogens with one attached hydrogen (secondary N) is 1. The van der Waals surface area contributed by atoms with Gasteiger partial charge < -0.3 is 9.88 Å². The Bertz CT molecular complexity index is 582. The number of rotatable bonds is 3. The fourth-order valence-corrected chi connectivity index (χ4v) is 2.31. The van der Waals surface area contributed by atoms with E-state index in [4.69, 9.17) is 0 Å². The van der Waals surface area contributed by atoms with E-state index in [1.165, 1.54) is 0 Å². The molecule has 1 amide bonds. The van der Waals surface area contributed by atoms with Crippen molar-refractivity contribution in [3.63, 3.8) is 0 Å². The molecule has 5 heteroatoms. The molecule has 0 saturated heterocycles. The zero-order chi connectivity index (χ0) is 12.5. The van der Waals surface area contributed by atoms with E-state index in [0.717, 1.165) is 30.2 Å². The summed E-state index contributed by atoms with van der Waals surface area (Å²) in [7, 11) is 0. The third kappa shape index (κ3) is 1.81. The molecule has 0 fully saturated rings. The molecule has 94 valence electrons. The fourth-order valence-electron chi connectivity index (χ4n) is 2.31. The third-order valence-corrected chi connectivity index (χ3v) is 3.15. The van der Waals surface area contributed by atoms with Gasteiger partial charge in [0.15, 0.2) is 0 Å². The number of fused-ring (bicyclic) bond motifs is 1. The van der Waals surface area contributed by atoms with Crippen LogP contribution < -0.4 is 5.32 Å². The zero-order valence-electron chi connectivity index (χ0n) is 10.4. The SMILES string of the molecule is CCCn1cccc1-c1cc2n(n1)CCC(=O)N2. The molecule has 0 unspecified atom stereocenters. The predicted molar refractivity (Wildman–Crippen MR) is 69.2 cm³/mol. The lowest BCUT2D eigenvalue weighted by Gasteiger charge is -2.13. The van der Waals surface area contributed by atoms with Gasteiger partial charge in [-0.1, -0.05) is 6.92 Å². The molecule has 2 aromatic rings. The fraction of sp³-hybridized carbons (Fsp3) is 0.385. The van der Waals surface area contributed by atoms with E-state index in [-0.39, 0.29) is 5.91 Å². The highest BCUT2D eigenvalue weighted by atomic mass is 16.1. The number of anilines is 1. The smallest absolute Gasteiger partial charge is 0.227 e. The molecular weight excluding hydrogens is 228 g/mol. The van der Waals surface area contributed by atoms with Crippen LogP contribution in [0.1, 0.15) is 19.8 Å². The number of carbonyl (C=O) groups is 1. The molecule has 0 radical (unpaired) electrons. The number of aromatic nitrogens is 3. The zero-order valence-corrected chi connectivity index (χ0v) is 10.4. The van der Waals surface area contributed by atoms with Gasteiger partial charge in [0.25, 0.3) is 0 Å². The summed E-state index contributed by atoms with van der Waals surface area (Å²) >= 11 is 0. The van der Waals surface area contributed by atoms with Crippen molar-refractivity contribution in [2.45, 2.75) is 32.9 Å². The summed E-state index contributed by atoms with van der Waals surface area (Å²) in [6.07, 6.45) is 3.66. The van der Waals surface area contributed by atoms with Crippen molar-refractivity contribution in [3.8, 4) is 11.4 Å². The largest absolute Gasteiger partial charge is 0.346 e. The van der Waals surface area contributed by atoms with Gasteiger partial charge in [0.2, 0.25) is 5.91 Å². The molecule has 2 aromatic heterocycles. The maximum atomic E-state index is 11.3. The summed E-state index contributed by atoms with van der Waals surface area (Å²) in [5.41, 5.74) is 2.03. The van der Waals surface area contributed by atoms with Gasteiger partial charge in [0, 0.05) is 25.2 Å². The van der Waals surface area contributed by atoms with Crippen LogP contribution in [0.25, 0.3) is 11.4 Å². The van der Waals surface area contributed by atoms with Crippen LogP contribution in [0.15, 0.2) is 24.4 Å². The lowest BCUT2D eigenvalue weighted by molar-refractivity contribution is -0.116. The molecule has 1 aliphatic rings. The lowest BCUT2D eigenvalue weighted by atomic mass is 10.3. The number of amides is 1. The van der Waals surface area contributed by atoms with Crippen LogP contribution in [0.5, 0.6) is 0 Å². The van der Waals surface area contributed by atoms with Gasteiger partial charge in [-0.25, -0.2) is 4.68 Å². The van der Waals surface area contributed by atoms with Gasteiger partial charge >= 0.3 is 0 Å². The first-order chi connectivity index (χ1) is 8.78. The number of hydrogen-bond donors (Lipinski definition) is 1. The second-order valence-corrected chi connectivity index (χ2v) is 4.52. The number of aryl methyl sites for hydroxylation is 2. The Balaban J connectivity index is 1.97. The highest BCUT2D eigenvalue weighted by molar-refractivity contribution is 5.91. The average Bonchev–Trinajstić information content (AvgIpc) is 2.94. The molecular formula is C13H16N4O. The van der Waals surface area contributed by atoms with Crippen LogP contribution >= 0.6 is 0 Å². The quantitative estimate of drug-likeness (QED) is 0.899. The minimum Gasteiger partial charge on any atom is -0.346 e. The topological polar surface area (TPSA) is 51.9 Å². The van der Waals surface area contributed by atoms with E-state index < -0.39 is 0 Å².